The molecule has 2 aromatic heterocycles. The molecule has 0 spiro atoms. The Bertz CT molecular complexity index is 1020. The van der Waals surface area contributed by atoms with Gasteiger partial charge < -0.3 is 14.8 Å². The van der Waals surface area contributed by atoms with Gasteiger partial charge in [-0.05, 0) is 50.3 Å². The zero-order chi connectivity index (χ0) is 20.4. The number of benzene rings is 1. The predicted octanol–water partition coefficient (Wildman–Crippen LogP) is 6.57. The number of ether oxygens (including phenoxy) is 2. The highest BCUT2D eigenvalue weighted by atomic mass is 35.5. The highest BCUT2D eigenvalue weighted by molar-refractivity contribution is 6.39. The minimum absolute atomic E-state index is 0.196. The Morgan fingerprint density at radius 3 is 2.52 bits per heavy atom. The molecule has 5 nitrogen and oxygen atoms in total. The van der Waals surface area contributed by atoms with Crippen LogP contribution in [0, 0.1) is 0 Å². The van der Waals surface area contributed by atoms with Crippen LogP contribution in [0.4, 0.5) is 11.4 Å². The molecule has 0 radical (unpaired) electrons. The molecule has 4 rings (SSSR count). The summed E-state index contributed by atoms with van der Waals surface area (Å²) in [5.41, 5.74) is 3.19. The highest BCUT2D eigenvalue weighted by Crippen LogP contribution is 2.41. The Labute approximate surface area is 180 Å². The van der Waals surface area contributed by atoms with Gasteiger partial charge in [0.05, 0.1) is 28.9 Å². The topological polar surface area (TPSA) is 56.3 Å². The number of methoxy groups -OCH3 is 1. The van der Waals surface area contributed by atoms with Crippen LogP contribution in [0.2, 0.25) is 10.0 Å². The first-order chi connectivity index (χ1) is 14.1. The molecule has 0 amide bonds. The summed E-state index contributed by atoms with van der Waals surface area (Å²) >= 11 is 12.7. The molecule has 0 atom stereocenters. The Kier molecular flexibility index (Phi) is 5.97. The van der Waals surface area contributed by atoms with Crippen LogP contribution >= 0.6 is 23.2 Å². The number of rotatable bonds is 6. The van der Waals surface area contributed by atoms with Gasteiger partial charge in [0.1, 0.15) is 5.52 Å². The summed E-state index contributed by atoms with van der Waals surface area (Å²) in [5.74, 6) is 1.39. The Morgan fingerprint density at radius 2 is 1.86 bits per heavy atom. The third-order valence-electron chi connectivity index (χ3n) is 5.23. The molecule has 1 aliphatic carbocycles. The van der Waals surface area contributed by atoms with Gasteiger partial charge in [0.25, 0.3) is 0 Å². The fourth-order valence-corrected chi connectivity index (χ4v) is 4.16. The summed E-state index contributed by atoms with van der Waals surface area (Å²) in [6, 6.07) is 5.91. The lowest BCUT2D eigenvalue weighted by molar-refractivity contribution is 0.203. The quantitative estimate of drug-likeness (QED) is 0.477. The van der Waals surface area contributed by atoms with Crippen LogP contribution in [0.15, 0.2) is 30.6 Å². The van der Waals surface area contributed by atoms with Crippen LogP contribution in [0.5, 0.6) is 11.5 Å². The van der Waals surface area contributed by atoms with E-state index in [4.69, 9.17) is 37.7 Å². The van der Waals surface area contributed by atoms with Gasteiger partial charge in [-0.3, -0.25) is 4.98 Å². The van der Waals surface area contributed by atoms with Gasteiger partial charge in [-0.1, -0.05) is 30.1 Å². The lowest BCUT2D eigenvalue weighted by atomic mass is 10.1. The number of aryl methyl sites for hydroxylation is 1. The van der Waals surface area contributed by atoms with E-state index in [-0.39, 0.29) is 6.10 Å². The maximum absolute atomic E-state index is 6.39. The van der Waals surface area contributed by atoms with Crippen LogP contribution in [-0.4, -0.2) is 23.2 Å². The van der Waals surface area contributed by atoms with E-state index in [0.29, 0.717) is 27.2 Å². The second-order valence-electron chi connectivity index (χ2n) is 7.14. The zero-order valence-electron chi connectivity index (χ0n) is 16.5. The smallest absolute Gasteiger partial charge is 0.187 e. The van der Waals surface area contributed by atoms with Crippen molar-refractivity contribution in [3.05, 3.63) is 46.3 Å². The van der Waals surface area contributed by atoms with E-state index in [1.54, 1.807) is 19.5 Å². The van der Waals surface area contributed by atoms with E-state index >= 15 is 0 Å². The molecule has 1 aromatic carbocycles. The van der Waals surface area contributed by atoms with Crippen LogP contribution in [0.25, 0.3) is 10.9 Å². The minimum atomic E-state index is 0.196. The minimum Gasteiger partial charge on any atom is -0.493 e. The molecular formula is C22H23Cl2N3O2. The van der Waals surface area contributed by atoms with Crippen LogP contribution < -0.4 is 14.8 Å². The van der Waals surface area contributed by atoms with Crippen molar-refractivity contribution in [2.45, 2.75) is 45.1 Å². The number of halogens is 2. The molecule has 152 valence electrons. The third-order valence-corrected chi connectivity index (χ3v) is 5.81. The Balaban J connectivity index is 1.86. The standard InChI is InChI=1S/C22H23Cl2N3O2/c1-3-13-10-18(27-21-16(23)11-25-12-17(21)24)15-8-9-19(28-2)22(20(15)26-13)29-14-6-4-5-7-14/h8-12,14H,3-7H2,1-2H3,(H,25,26,27). The molecule has 1 aliphatic rings. The predicted molar refractivity (Wildman–Crippen MR) is 118 cm³/mol. The van der Waals surface area contributed by atoms with E-state index in [1.165, 1.54) is 12.8 Å². The number of aromatic nitrogens is 2. The van der Waals surface area contributed by atoms with Gasteiger partial charge in [-0.25, -0.2) is 4.98 Å². The van der Waals surface area contributed by atoms with E-state index in [0.717, 1.165) is 41.5 Å². The largest absolute Gasteiger partial charge is 0.493 e. The van der Waals surface area contributed by atoms with Gasteiger partial charge in [-0.15, -0.1) is 0 Å². The van der Waals surface area contributed by atoms with Crippen LogP contribution in [0.3, 0.4) is 0 Å². The van der Waals surface area contributed by atoms with Crippen molar-refractivity contribution < 1.29 is 9.47 Å². The molecule has 1 N–H and O–H groups in total. The summed E-state index contributed by atoms with van der Waals surface area (Å²) in [6.45, 7) is 2.07. The van der Waals surface area contributed by atoms with Crippen molar-refractivity contribution in [2.75, 3.05) is 12.4 Å². The fourth-order valence-electron chi connectivity index (χ4n) is 3.70. The highest BCUT2D eigenvalue weighted by Gasteiger charge is 2.22. The van der Waals surface area contributed by atoms with Gasteiger partial charge in [0.15, 0.2) is 11.5 Å². The molecule has 0 saturated heterocycles. The number of pyridine rings is 2. The second kappa shape index (κ2) is 8.64. The van der Waals surface area contributed by atoms with Gasteiger partial charge in [0, 0.05) is 29.2 Å². The van der Waals surface area contributed by atoms with Crippen LogP contribution in [0.1, 0.15) is 38.3 Å². The number of nitrogens with one attached hydrogen (secondary N) is 1. The Hall–Kier alpha value is -2.24. The molecular weight excluding hydrogens is 409 g/mol. The van der Waals surface area contributed by atoms with Gasteiger partial charge in [-0.2, -0.15) is 0 Å². The number of fused-ring (bicyclic) bond motifs is 1. The summed E-state index contributed by atoms with van der Waals surface area (Å²) in [7, 11) is 1.65. The molecule has 7 heteroatoms. The SMILES string of the molecule is CCc1cc(Nc2c(Cl)cncc2Cl)c2ccc(OC)c(OC3CCCC3)c2n1. The number of anilines is 2. The van der Waals surface area contributed by atoms with E-state index in [2.05, 4.69) is 17.2 Å². The van der Waals surface area contributed by atoms with Crippen molar-refractivity contribution in [1.29, 1.82) is 0 Å². The van der Waals surface area contributed by atoms with Crippen molar-refractivity contribution >= 4 is 45.5 Å². The summed E-state index contributed by atoms with van der Waals surface area (Å²) < 4.78 is 12.0. The molecule has 0 bridgehead atoms. The molecule has 0 unspecified atom stereocenters. The van der Waals surface area contributed by atoms with E-state index in [1.807, 2.05) is 18.2 Å². The molecule has 1 saturated carbocycles. The summed E-state index contributed by atoms with van der Waals surface area (Å²) in [4.78, 5) is 8.89. The van der Waals surface area contributed by atoms with Crippen molar-refractivity contribution in [3.63, 3.8) is 0 Å². The normalized spacial score (nSPS) is 14.3. The monoisotopic (exact) mass is 431 g/mol. The zero-order valence-corrected chi connectivity index (χ0v) is 18.0. The average Bonchev–Trinajstić information content (AvgIpc) is 3.24. The fraction of sp³-hybridized carbons (Fsp3) is 0.364. The maximum Gasteiger partial charge on any atom is 0.187 e. The van der Waals surface area contributed by atoms with Crippen molar-refractivity contribution in [2.24, 2.45) is 0 Å². The van der Waals surface area contributed by atoms with Gasteiger partial charge in [0.2, 0.25) is 0 Å². The van der Waals surface area contributed by atoms with E-state index < -0.39 is 0 Å². The lowest BCUT2D eigenvalue weighted by Crippen LogP contribution is -2.12. The van der Waals surface area contributed by atoms with Crippen molar-refractivity contribution in [3.8, 4) is 11.5 Å². The Morgan fingerprint density at radius 1 is 1.14 bits per heavy atom. The van der Waals surface area contributed by atoms with Crippen molar-refractivity contribution in [1.82, 2.24) is 9.97 Å². The molecule has 0 aliphatic heterocycles. The lowest BCUT2D eigenvalue weighted by Gasteiger charge is -2.20. The van der Waals surface area contributed by atoms with Gasteiger partial charge >= 0.3 is 0 Å². The second-order valence-corrected chi connectivity index (χ2v) is 7.95. The molecule has 1 fully saturated rings. The average molecular weight is 432 g/mol. The number of hydrogen-bond donors (Lipinski definition) is 1. The third kappa shape index (κ3) is 4.07. The molecule has 3 aromatic rings. The number of nitrogens with zero attached hydrogens (tertiary/aromatic N) is 2. The maximum atomic E-state index is 6.39. The first-order valence-corrected chi connectivity index (χ1v) is 10.6. The number of hydrogen-bond acceptors (Lipinski definition) is 5. The summed E-state index contributed by atoms with van der Waals surface area (Å²) in [5, 5.41) is 5.20. The van der Waals surface area contributed by atoms with Crippen LogP contribution in [-0.2, 0) is 6.42 Å². The molecule has 2 heterocycles. The first-order valence-electron chi connectivity index (χ1n) is 9.84. The molecule has 29 heavy (non-hydrogen) atoms. The summed E-state index contributed by atoms with van der Waals surface area (Å²) in [6.07, 6.45) is 8.61. The first kappa shape index (κ1) is 20.0. The van der Waals surface area contributed by atoms with E-state index in [9.17, 15) is 0 Å².